The van der Waals surface area contributed by atoms with Gasteiger partial charge in [-0.3, -0.25) is 14.5 Å². The Kier molecular flexibility index (Phi) is 3.68. The zero-order chi connectivity index (χ0) is 17.6. The lowest BCUT2D eigenvalue weighted by molar-refractivity contribution is 0.0649. The Balaban J connectivity index is 1.55. The summed E-state index contributed by atoms with van der Waals surface area (Å²) in [5.74, 6) is 0.101. The van der Waals surface area contributed by atoms with Crippen LogP contribution in [0.25, 0.3) is 10.9 Å². The van der Waals surface area contributed by atoms with Crippen LogP contribution in [0.1, 0.15) is 46.0 Å². The second-order valence-electron chi connectivity index (χ2n) is 6.79. The van der Waals surface area contributed by atoms with Gasteiger partial charge < -0.3 is 4.57 Å². The maximum absolute atomic E-state index is 12.4. The second-order valence-corrected chi connectivity index (χ2v) is 6.79. The first-order valence-electron chi connectivity index (χ1n) is 8.60. The fourth-order valence-electron chi connectivity index (χ4n) is 3.42. The molecule has 3 aromatic rings. The van der Waals surface area contributed by atoms with Crippen molar-refractivity contribution in [3.63, 3.8) is 0 Å². The van der Waals surface area contributed by atoms with E-state index in [9.17, 15) is 9.59 Å². The van der Waals surface area contributed by atoms with Gasteiger partial charge in [0.25, 0.3) is 11.8 Å². The van der Waals surface area contributed by atoms with Gasteiger partial charge in [-0.05, 0) is 47.2 Å². The van der Waals surface area contributed by atoms with E-state index in [0.29, 0.717) is 30.1 Å². The lowest BCUT2D eigenvalue weighted by Gasteiger charge is -2.15. The van der Waals surface area contributed by atoms with Crippen LogP contribution in [0.2, 0.25) is 0 Å². The summed E-state index contributed by atoms with van der Waals surface area (Å²) >= 11 is 0. The predicted octanol–water partition coefficient (Wildman–Crippen LogP) is 4.06. The molecule has 4 nitrogen and oxygen atoms in total. The molecule has 0 saturated carbocycles. The highest BCUT2D eigenvalue weighted by molar-refractivity contribution is 6.21. The Hall–Kier alpha value is -2.88. The molecule has 0 N–H and O–H groups in total. The average Bonchev–Trinajstić information content (AvgIpc) is 3.13. The van der Waals surface area contributed by atoms with Crippen LogP contribution in [0.5, 0.6) is 0 Å². The van der Waals surface area contributed by atoms with Gasteiger partial charge in [-0.15, -0.1) is 0 Å². The van der Waals surface area contributed by atoms with Gasteiger partial charge in [0.05, 0.1) is 11.1 Å². The highest BCUT2D eigenvalue weighted by Gasteiger charge is 2.34. The summed E-state index contributed by atoms with van der Waals surface area (Å²) in [4.78, 5) is 26.2. The highest BCUT2D eigenvalue weighted by atomic mass is 16.2. The third-order valence-corrected chi connectivity index (χ3v) is 4.90. The van der Waals surface area contributed by atoms with Gasteiger partial charge in [-0.25, -0.2) is 0 Å². The molecule has 0 spiro atoms. The number of hydrogen-bond donors (Lipinski definition) is 0. The summed E-state index contributed by atoms with van der Waals surface area (Å²) in [6.45, 7) is 5.33. The SMILES string of the molecule is CC(C)c1ccc2c(ccn2CCN2C(=O)c3ccccc3C2=O)c1. The molecule has 1 aliphatic rings. The number of nitrogens with zero attached hydrogens (tertiary/aromatic N) is 2. The van der Waals surface area contributed by atoms with Crippen molar-refractivity contribution < 1.29 is 9.59 Å². The van der Waals surface area contributed by atoms with Gasteiger partial charge in [0, 0.05) is 24.8 Å². The van der Waals surface area contributed by atoms with E-state index in [-0.39, 0.29) is 11.8 Å². The molecule has 2 aromatic carbocycles. The van der Waals surface area contributed by atoms with Crippen molar-refractivity contribution in [3.05, 3.63) is 71.4 Å². The molecule has 0 saturated heterocycles. The predicted molar refractivity (Wildman–Crippen MR) is 97.8 cm³/mol. The summed E-state index contributed by atoms with van der Waals surface area (Å²) in [6, 6.07) is 15.6. The standard InChI is InChI=1S/C21H20N2O2/c1-14(2)15-7-8-19-16(13-15)9-10-22(19)11-12-23-20(24)17-5-3-4-6-18(17)21(23)25/h3-10,13-14H,11-12H2,1-2H3. The Morgan fingerprint density at radius 2 is 1.56 bits per heavy atom. The molecule has 4 heteroatoms. The maximum atomic E-state index is 12.4. The Labute approximate surface area is 146 Å². The Morgan fingerprint density at radius 1 is 0.880 bits per heavy atom. The number of rotatable bonds is 4. The minimum absolute atomic E-state index is 0.195. The summed E-state index contributed by atoms with van der Waals surface area (Å²) < 4.78 is 2.10. The van der Waals surface area contributed by atoms with Crippen LogP contribution in [0.4, 0.5) is 0 Å². The fourth-order valence-corrected chi connectivity index (χ4v) is 3.42. The van der Waals surface area contributed by atoms with Crippen molar-refractivity contribution in [2.24, 2.45) is 0 Å². The Morgan fingerprint density at radius 3 is 2.20 bits per heavy atom. The van der Waals surface area contributed by atoms with Crippen molar-refractivity contribution in [1.82, 2.24) is 9.47 Å². The van der Waals surface area contributed by atoms with E-state index in [1.165, 1.54) is 15.8 Å². The molecular formula is C21H20N2O2. The molecule has 0 atom stereocenters. The van der Waals surface area contributed by atoms with Crippen molar-refractivity contribution in [2.75, 3.05) is 6.54 Å². The summed E-state index contributed by atoms with van der Waals surface area (Å²) in [5, 5.41) is 1.19. The highest BCUT2D eigenvalue weighted by Crippen LogP contribution is 2.24. The minimum Gasteiger partial charge on any atom is -0.346 e. The average molecular weight is 332 g/mol. The van der Waals surface area contributed by atoms with E-state index < -0.39 is 0 Å². The van der Waals surface area contributed by atoms with E-state index in [2.05, 4.69) is 42.7 Å². The molecule has 126 valence electrons. The molecule has 2 amide bonds. The van der Waals surface area contributed by atoms with E-state index in [1.54, 1.807) is 24.3 Å². The van der Waals surface area contributed by atoms with Gasteiger partial charge in [0.2, 0.25) is 0 Å². The quantitative estimate of drug-likeness (QED) is 0.676. The molecule has 0 bridgehead atoms. The zero-order valence-electron chi connectivity index (χ0n) is 14.4. The first kappa shape index (κ1) is 15.6. The fraction of sp³-hybridized carbons (Fsp3) is 0.238. The van der Waals surface area contributed by atoms with Crippen LogP contribution < -0.4 is 0 Å². The zero-order valence-corrected chi connectivity index (χ0v) is 14.4. The molecule has 4 rings (SSSR count). The van der Waals surface area contributed by atoms with Gasteiger partial charge in [0.1, 0.15) is 0 Å². The lowest BCUT2D eigenvalue weighted by atomic mass is 10.0. The van der Waals surface area contributed by atoms with E-state index >= 15 is 0 Å². The molecule has 0 fully saturated rings. The van der Waals surface area contributed by atoms with Crippen molar-refractivity contribution >= 4 is 22.7 Å². The normalized spacial score (nSPS) is 14.0. The summed E-state index contributed by atoms with van der Waals surface area (Å²) in [7, 11) is 0. The lowest BCUT2D eigenvalue weighted by Crippen LogP contribution is -2.32. The van der Waals surface area contributed by atoms with Gasteiger partial charge in [-0.2, -0.15) is 0 Å². The molecule has 0 aliphatic carbocycles. The topological polar surface area (TPSA) is 42.3 Å². The van der Waals surface area contributed by atoms with Gasteiger partial charge >= 0.3 is 0 Å². The monoisotopic (exact) mass is 332 g/mol. The Bertz CT molecular complexity index is 949. The number of benzene rings is 2. The van der Waals surface area contributed by atoms with Crippen LogP contribution in [0.3, 0.4) is 0 Å². The first-order valence-corrected chi connectivity index (χ1v) is 8.60. The van der Waals surface area contributed by atoms with Crippen LogP contribution in [-0.4, -0.2) is 27.8 Å². The van der Waals surface area contributed by atoms with Crippen molar-refractivity contribution in [3.8, 4) is 0 Å². The van der Waals surface area contributed by atoms with E-state index in [1.807, 2.05) is 6.20 Å². The number of carbonyl (C=O) groups is 2. The smallest absolute Gasteiger partial charge is 0.261 e. The molecule has 0 radical (unpaired) electrons. The number of aromatic nitrogens is 1. The molecular weight excluding hydrogens is 312 g/mol. The van der Waals surface area contributed by atoms with Crippen molar-refractivity contribution in [1.29, 1.82) is 0 Å². The van der Waals surface area contributed by atoms with E-state index in [0.717, 1.165) is 5.52 Å². The maximum Gasteiger partial charge on any atom is 0.261 e. The third-order valence-electron chi connectivity index (χ3n) is 4.90. The molecule has 2 heterocycles. The third kappa shape index (κ3) is 2.54. The van der Waals surface area contributed by atoms with Gasteiger partial charge in [-0.1, -0.05) is 32.0 Å². The molecule has 0 unspecified atom stereocenters. The van der Waals surface area contributed by atoms with Crippen LogP contribution in [0.15, 0.2) is 54.7 Å². The van der Waals surface area contributed by atoms with Crippen molar-refractivity contribution in [2.45, 2.75) is 26.3 Å². The molecule has 1 aromatic heterocycles. The molecule has 25 heavy (non-hydrogen) atoms. The number of carbonyl (C=O) groups excluding carboxylic acids is 2. The van der Waals surface area contributed by atoms with E-state index in [4.69, 9.17) is 0 Å². The number of imide groups is 1. The van der Waals surface area contributed by atoms with Crippen LogP contribution in [-0.2, 0) is 6.54 Å². The van der Waals surface area contributed by atoms with Gasteiger partial charge in [0.15, 0.2) is 0 Å². The number of fused-ring (bicyclic) bond motifs is 2. The minimum atomic E-state index is -0.195. The largest absolute Gasteiger partial charge is 0.346 e. The number of amides is 2. The molecule has 1 aliphatic heterocycles. The summed E-state index contributed by atoms with van der Waals surface area (Å²) in [6.07, 6.45) is 2.02. The number of hydrogen-bond acceptors (Lipinski definition) is 2. The first-order chi connectivity index (χ1) is 12.1. The summed E-state index contributed by atoms with van der Waals surface area (Å²) in [5.41, 5.74) is 3.45. The second kappa shape index (κ2) is 5.88. The van der Waals surface area contributed by atoms with Crippen LogP contribution >= 0.6 is 0 Å². The van der Waals surface area contributed by atoms with Crippen LogP contribution in [0, 0.1) is 0 Å².